The molecule has 476 valence electrons. The first-order valence-corrected chi connectivity index (χ1v) is 28.4. The van der Waals surface area contributed by atoms with Gasteiger partial charge in [0.1, 0.15) is 5.25 Å². The third-order valence-corrected chi connectivity index (χ3v) is 13.6. The van der Waals surface area contributed by atoms with Gasteiger partial charge in [-0.25, -0.2) is 14.4 Å². The highest BCUT2D eigenvalue weighted by molar-refractivity contribution is 7.86. The lowest BCUT2D eigenvalue weighted by molar-refractivity contribution is -0.198. The van der Waals surface area contributed by atoms with E-state index in [2.05, 4.69) is 32.2 Å². The van der Waals surface area contributed by atoms with Gasteiger partial charge in [0, 0.05) is 133 Å². The highest BCUT2D eigenvalue weighted by Gasteiger charge is 2.38. The molecule has 6 aliphatic rings. The fourth-order valence-electron chi connectivity index (χ4n) is 7.71. The molecule has 88 heavy (non-hydrogen) atoms. The van der Waals surface area contributed by atoms with E-state index < -0.39 is 117 Å². The van der Waals surface area contributed by atoms with Crippen LogP contribution in [0.5, 0.6) is 0 Å². The molecule has 14 amide bonds. The summed E-state index contributed by atoms with van der Waals surface area (Å²) in [5.41, 5.74) is 0.404. The molecule has 3 saturated heterocycles. The summed E-state index contributed by atoms with van der Waals surface area (Å²) in [7, 11) is -4.82. The molecular formula is C52H61N9O26S. The molecule has 35 nitrogen and oxygen atoms in total. The Labute approximate surface area is 499 Å². The van der Waals surface area contributed by atoms with E-state index in [1.165, 1.54) is 0 Å². The second kappa shape index (κ2) is 34.3. The molecule has 6 rings (SSSR count). The van der Waals surface area contributed by atoms with Crippen LogP contribution in [0, 0.1) is 0 Å². The maximum absolute atomic E-state index is 11.9. The maximum atomic E-state index is 11.9. The number of nitrogens with zero attached hydrogens (tertiary/aromatic N) is 6. The summed E-state index contributed by atoms with van der Waals surface area (Å²) < 4.78 is 37.1. The average Bonchev–Trinajstić information content (AvgIpc) is 4.51. The zero-order valence-corrected chi connectivity index (χ0v) is 47.8. The summed E-state index contributed by atoms with van der Waals surface area (Å²) >= 11 is 0. The SMILES string of the molecule is C=C1CCC(=O)N1OC(=O)CCCC(=O)CNC(=O)CCC(=O)CNC(=O)CCCN1C(=O)C=CC1=O.O=C(CC(CN1C(=O)C=CC1=O)S(=O)(=O)O)ON1C(=O)CCC1=O.O=C(CCN1C(=O)C=CC1=O)NCCOCCC(=O)ON1C(=O)CCC1=O. The molecule has 0 bridgehead atoms. The Morgan fingerprint density at radius 3 is 1.39 bits per heavy atom. The van der Waals surface area contributed by atoms with E-state index in [0.29, 0.717) is 22.1 Å². The molecule has 1 atom stereocenters. The van der Waals surface area contributed by atoms with Crippen molar-refractivity contribution < 1.29 is 123 Å². The molecule has 0 saturated carbocycles. The summed E-state index contributed by atoms with van der Waals surface area (Å²) in [4.78, 5) is 236. The zero-order chi connectivity index (χ0) is 65.3. The Morgan fingerprint density at radius 2 is 0.886 bits per heavy atom. The van der Waals surface area contributed by atoms with Crippen LogP contribution < -0.4 is 16.0 Å². The number of nitrogens with one attached hydrogen (secondary N) is 3. The van der Waals surface area contributed by atoms with E-state index in [1.54, 1.807) is 0 Å². The third-order valence-electron chi connectivity index (χ3n) is 12.4. The number of ether oxygens (including phenoxy) is 1. The van der Waals surface area contributed by atoms with E-state index in [9.17, 15) is 104 Å². The molecule has 0 radical (unpaired) electrons. The Bertz CT molecular complexity index is 3000. The quantitative estimate of drug-likeness (QED) is 0.0285. The number of amides is 14. The minimum Gasteiger partial charge on any atom is -0.379 e. The van der Waals surface area contributed by atoms with Crippen LogP contribution in [0.2, 0.25) is 0 Å². The maximum Gasteiger partial charge on any atom is 0.335 e. The number of hydrogen-bond acceptors (Lipinski definition) is 25. The fraction of sp³-hybridized carbons (Fsp3) is 0.481. The first kappa shape index (κ1) is 70.6. The molecule has 6 heterocycles. The van der Waals surface area contributed by atoms with E-state index in [1.807, 2.05) is 0 Å². The van der Waals surface area contributed by atoms with Gasteiger partial charge in [0.25, 0.3) is 75.1 Å². The van der Waals surface area contributed by atoms with Crippen molar-refractivity contribution in [1.82, 2.24) is 45.8 Å². The van der Waals surface area contributed by atoms with Crippen molar-refractivity contribution in [3.63, 3.8) is 0 Å². The van der Waals surface area contributed by atoms with Crippen molar-refractivity contribution in [2.45, 2.75) is 108 Å². The first-order valence-electron chi connectivity index (χ1n) is 26.9. The van der Waals surface area contributed by atoms with Crippen LogP contribution in [0.3, 0.4) is 0 Å². The summed E-state index contributed by atoms with van der Waals surface area (Å²) in [5, 5.41) is 7.07. The van der Waals surface area contributed by atoms with Crippen LogP contribution in [-0.4, -0.2) is 213 Å². The van der Waals surface area contributed by atoms with E-state index in [4.69, 9.17) is 9.57 Å². The van der Waals surface area contributed by atoms with Gasteiger partial charge in [0.05, 0.1) is 44.8 Å². The van der Waals surface area contributed by atoms with Gasteiger partial charge in [0.2, 0.25) is 17.7 Å². The van der Waals surface area contributed by atoms with Crippen LogP contribution >= 0.6 is 0 Å². The average molecular weight is 1260 g/mol. The van der Waals surface area contributed by atoms with Gasteiger partial charge in [0.15, 0.2) is 11.6 Å². The Kier molecular flexibility index (Phi) is 27.6. The van der Waals surface area contributed by atoms with Crippen molar-refractivity contribution in [1.29, 1.82) is 0 Å². The zero-order valence-electron chi connectivity index (χ0n) is 47.0. The minimum absolute atomic E-state index is 0.00284. The smallest absolute Gasteiger partial charge is 0.335 e. The van der Waals surface area contributed by atoms with Gasteiger partial charge in [-0.3, -0.25) is 96.0 Å². The number of hydrogen-bond donors (Lipinski definition) is 4. The van der Waals surface area contributed by atoms with Gasteiger partial charge in [-0.1, -0.05) is 6.58 Å². The van der Waals surface area contributed by atoms with Gasteiger partial charge in [-0.05, 0) is 19.3 Å². The van der Waals surface area contributed by atoms with Crippen molar-refractivity contribution in [2.75, 3.05) is 52.5 Å². The molecule has 4 N–H and O–H groups in total. The summed E-state index contributed by atoms with van der Waals surface area (Å²) in [6.45, 7) is 2.74. The Hall–Kier alpha value is -9.84. The van der Waals surface area contributed by atoms with E-state index in [0.717, 1.165) is 51.3 Å². The molecule has 0 aromatic rings. The Balaban J connectivity index is 0.000000290. The number of allylic oxidation sites excluding steroid dienone is 1. The predicted octanol–water partition coefficient (Wildman–Crippen LogP) is -3.80. The number of carbonyl (C=O) groups is 19. The minimum atomic E-state index is -4.82. The van der Waals surface area contributed by atoms with Gasteiger partial charge < -0.3 is 35.2 Å². The van der Waals surface area contributed by atoms with Crippen LogP contribution in [0.15, 0.2) is 48.7 Å². The molecule has 0 aromatic heterocycles. The molecule has 1 unspecified atom stereocenters. The molecule has 0 aromatic carbocycles. The number of carbonyl (C=O) groups excluding carboxylic acids is 19. The summed E-state index contributed by atoms with van der Waals surface area (Å²) in [6.07, 6.45) is 5.82. The molecule has 0 spiro atoms. The number of Topliss-reactive ketones (excluding diaryl/α,β-unsaturated/α-hetero) is 2. The highest BCUT2D eigenvalue weighted by atomic mass is 32.2. The standard InChI is InChI=1S/C24H30N4O9.C16H19N3O8.C12H12N2O9S/c1-16-7-10-23(35)28(16)37-24(36)6-2-4-17(29)14-26-20(32)9-8-18(30)15-25-19(31)5-3-13-27-21(33)11-12-22(27)34;20-11(5-8-18-12(21)1-2-13(18)22)17-7-10-26-9-6-16(25)27-19-14(23)3-4-15(19)24;15-8-1-2-9(16)13(8)6-7(24(20,21)22)5-12(19)23-14-10(17)3-4-11(14)18/h11-12H,1-10,13-15H2,(H,25,31)(H,26,32);1-2H,3-10H2,(H,17,20);1-2,7H,3-6H2,(H,20,21,22). The number of rotatable bonds is 32. The van der Waals surface area contributed by atoms with Gasteiger partial charge in [-0.2, -0.15) is 8.42 Å². The lowest BCUT2D eigenvalue weighted by atomic mass is 10.1. The largest absolute Gasteiger partial charge is 0.379 e. The Morgan fingerprint density at radius 1 is 0.466 bits per heavy atom. The number of hydroxylamine groups is 6. The van der Waals surface area contributed by atoms with Gasteiger partial charge in [-0.15, -0.1) is 15.2 Å². The van der Waals surface area contributed by atoms with Crippen molar-refractivity contribution in [3.8, 4) is 0 Å². The molecule has 6 aliphatic heterocycles. The molecule has 3 fully saturated rings. The van der Waals surface area contributed by atoms with Crippen LogP contribution in [-0.2, 0) is 120 Å². The van der Waals surface area contributed by atoms with Crippen molar-refractivity contribution in [3.05, 3.63) is 48.7 Å². The predicted molar refractivity (Wildman–Crippen MR) is 285 cm³/mol. The lowest BCUT2D eigenvalue weighted by Crippen LogP contribution is -2.42. The fourth-order valence-corrected chi connectivity index (χ4v) is 8.40. The van der Waals surface area contributed by atoms with Crippen LogP contribution in [0.25, 0.3) is 0 Å². The van der Waals surface area contributed by atoms with E-state index >= 15 is 0 Å². The molecule has 36 heteroatoms. The normalized spacial score (nSPS) is 16.6. The first-order chi connectivity index (χ1) is 41.5. The molecular weight excluding hydrogens is 1200 g/mol. The molecule has 0 aliphatic carbocycles. The van der Waals surface area contributed by atoms with Crippen molar-refractivity contribution >= 4 is 122 Å². The van der Waals surface area contributed by atoms with E-state index in [-0.39, 0.29) is 164 Å². The van der Waals surface area contributed by atoms with Crippen molar-refractivity contribution in [2.24, 2.45) is 0 Å². The highest BCUT2D eigenvalue weighted by Crippen LogP contribution is 2.22. The number of ketones is 2. The summed E-state index contributed by atoms with van der Waals surface area (Å²) in [6, 6.07) is 0. The summed E-state index contributed by atoms with van der Waals surface area (Å²) in [5.74, 6) is -11.0. The topological polar surface area (TPSA) is 471 Å². The lowest BCUT2D eigenvalue weighted by Gasteiger charge is -2.20. The second-order valence-corrected chi connectivity index (χ2v) is 20.8. The van der Waals surface area contributed by atoms with Crippen LogP contribution in [0.1, 0.15) is 103 Å². The van der Waals surface area contributed by atoms with Crippen LogP contribution in [0.4, 0.5) is 0 Å². The monoisotopic (exact) mass is 1260 g/mol. The second-order valence-electron chi connectivity index (χ2n) is 19.1. The van der Waals surface area contributed by atoms with Gasteiger partial charge >= 0.3 is 17.9 Å². The number of imide groups is 5. The third kappa shape index (κ3) is 23.6.